The summed E-state index contributed by atoms with van der Waals surface area (Å²) >= 11 is 0. The summed E-state index contributed by atoms with van der Waals surface area (Å²) in [6.07, 6.45) is 4.97. The van der Waals surface area contributed by atoms with Crippen LogP contribution in [-0.4, -0.2) is 35.7 Å². The van der Waals surface area contributed by atoms with Crippen LogP contribution < -0.4 is 0 Å². The second-order valence-electron chi connectivity index (χ2n) is 6.05. The first-order valence-corrected chi connectivity index (χ1v) is 6.87. The lowest BCUT2D eigenvalue weighted by molar-refractivity contribution is 0.0312. The molecule has 0 amide bonds. The molecule has 1 aliphatic rings. The second kappa shape index (κ2) is 6.02. The molecule has 0 aliphatic carbocycles. The standard InChI is InChI=1S/C14H29NO/c1-5-8-14(4,11-16)10-15-9-6-7-12(2)13(15)3/h12-13,16H,5-11H2,1-4H3. The zero-order valence-electron chi connectivity index (χ0n) is 11.5. The van der Waals surface area contributed by atoms with Gasteiger partial charge in [0.15, 0.2) is 0 Å². The van der Waals surface area contributed by atoms with Gasteiger partial charge in [-0.15, -0.1) is 0 Å². The summed E-state index contributed by atoms with van der Waals surface area (Å²) in [7, 11) is 0. The maximum Gasteiger partial charge on any atom is 0.0497 e. The number of hydrogen-bond donors (Lipinski definition) is 1. The summed E-state index contributed by atoms with van der Waals surface area (Å²) in [5.74, 6) is 0.804. The van der Waals surface area contributed by atoms with Gasteiger partial charge in [0.1, 0.15) is 0 Å². The summed E-state index contributed by atoms with van der Waals surface area (Å²) in [6.45, 7) is 11.7. The molecule has 16 heavy (non-hydrogen) atoms. The summed E-state index contributed by atoms with van der Waals surface area (Å²) in [4.78, 5) is 2.58. The first kappa shape index (κ1) is 14.0. The quantitative estimate of drug-likeness (QED) is 0.780. The van der Waals surface area contributed by atoms with Crippen LogP contribution in [-0.2, 0) is 0 Å². The first-order valence-electron chi connectivity index (χ1n) is 6.87. The molecule has 0 spiro atoms. The van der Waals surface area contributed by atoms with Crippen LogP contribution in [0.5, 0.6) is 0 Å². The number of piperidine rings is 1. The highest BCUT2D eigenvalue weighted by Crippen LogP contribution is 2.29. The number of hydrogen-bond acceptors (Lipinski definition) is 2. The fourth-order valence-electron chi connectivity index (χ4n) is 2.95. The molecule has 0 aromatic heterocycles. The molecule has 1 rings (SSSR count). The van der Waals surface area contributed by atoms with Crippen LogP contribution in [0, 0.1) is 11.3 Å². The molecule has 96 valence electrons. The predicted octanol–water partition coefficient (Wildman–Crippen LogP) is 2.91. The van der Waals surface area contributed by atoms with E-state index in [1.807, 2.05) is 0 Å². The Kier molecular flexibility index (Phi) is 5.26. The molecule has 2 nitrogen and oxygen atoms in total. The maximum absolute atomic E-state index is 9.57. The minimum absolute atomic E-state index is 0.0973. The van der Waals surface area contributed by atoms with Crippen molar-refractivity contribution in [2.45, 2.75) is 59.4 Å². The van der Waals surface area contributed by atoms with Crippen molar-refractivity contribution in [3.8, 4) is 0 Å². The number of nitrogens with zero attached hydrogens (tertiary/aromatic N) is 1. The molecule has 0 bridgehead atoms. The van der Waals surface area contributed by atoms with Gasteiger partial charge in [-0.1, -0.05) is 27.2 Å². The Hall–Kier alpha value is -0.0800. The van der Waals surface area contributed by atoms with Crippen molar-refractivity contribution in [2.24, 2.45) is 11.3 Å². The average Bonchev–Trinajstić information content (AvgIpc) is 2.25. The molecule has 1 heterocycles. The second-order valence-corrected chi connectivity index (χ2v) is 6.05. The van der Waals surface area contributed by atoms with E-state index >= 15 is 0 Å². The van der Waals surface area contributed by atoms with E-state index in [0.717, 1.165) is 25.3 Å². The lowest BCUT2D eigenvalue weighted by atomic mass is 9.83. The molecule has 1 saturated heterocycles. The van der Waals surface area contributed by atoms with Gasteiger partial charge in [0, 0.05) is 24.6 Å². The van der Waals surface area contributed by atoms with E-state index in [4.69, 9.17) is 0 Å². The molecule has 0 radical (unpaired) electrons. The Labute approximate surface area is 101 Å². The van der Waals surface area contributed by atoms with Crippen LogP contribution >= 0.6 is 0 Å². The highest BCUT2D eigenvalue weighted by Gasteiger charge is 2.31. The number of rotatable bonds is 5. The number of aliphatic hydroxyl groups is 1. The molecular weight excluding hydrogens is 198 g/mol. The Bertz CT molecular complexity index is 207. The monoisotopic (exact) mass is 227 g/mol. The van der Waals surface area contributed by atoms with E-state index in [1.54, 1.807) is 0 Å². The largest absolute Gasteiger partial charge is 0.396 e. The Morgan fingerprint density at radius 2 is 2.06 bits per heavy atom. The van der Waals surface area contributed by atoms with E-state index in [0.29, 0.717) is 12.6 Å². The van der Waals surface area contributed by atoms with Gasteiger partial charge in [-0.2, -0.15) is 0 Å². The maximum atomic E-state index is 9.57. The third-order valence-corrected chi connectivity index (χ3v) is 4.32. The molecule has 3 unspecified atom stereocenters. The van der Waals surface area contributed by atoms with E-state index < -0.39 is 0 Å². The van der Waals surface area contributed by atoms with E-state index in [-0.39, 0.29) is 5.41 Å². The van der Waals surface area contributed by atoms with E-state index in [1.165, 1.54) is 19.4 Å². The third-order valence-electron chi connectivity index (χ3n) is 4.32. The smallest absolute Gasteiger partial charge is 0.0497 e. The zero-order valence-corrected chi connectivity index (χ0v) is 11.5. The van der Waals surface area contributed by atoms with Gasteiger partial charge in [0.05, 0.1) is 0 Å². The van der Waals surface area contributed by atoms with Gasteiger partial charge < -0.3 is 5.11 Å². The summed E-state index contributed by atoms with van der Waals surface area (Å²) < 4.78 is 0. The van der Waals surface area contributed by atoms with Gasteiger partial charge in [0.2, 0.25) is 0 Å². The lowest BCUT2D eigenvalue weighted by Gasteiger charge is -2.42. The third kappa shape index (κ3) is 3.46. The number of likely N-dealkylation sites (tertiary alicyclic amines) is 1. The van der Waals surface area contributed by atoms with Crippen LogP contribution in [0.1, 0.15) is 53.4 Å². The Morgan fingerprint density at radius 3 is 2.62 bits per heavy atom. The SMILES string of the molecule is CCCC(C)(CO)CN1CCCC(C)C1C. The van der Waals surface area contributed by atoms with Gasteiger partial charge in [-0.25, -0.2) is 0 Å². The summed E-state index contributed by atoms with van der Waals surface area (Å²) in [5, 5.41) is 9.57. The van der Waals surface area contributed by atoms with Gasteiger partial charge in [-0.3, -0.25) is 4.90 Å². The van der Waals surface area contributed by atoms with Crippen LogP contribution in [0.2, 0.25) is 0 Å². The molecular formula is C14H29NO. The summed E-state index contributed by atoms with van der Waals surface area (Å²) in [6, 6.07) is 0.677. The molecule has 1 aliphatic heterocycles. The van der Waals surface area contributed by atoms with Crippen molar-refractivity contribution in [3.63, 3.8) is 0 Å². The van der Waals surface area contributed by atoms with Gasteiger partial charge in [-0.05, 0) is 38.6 Å². The predicted molar refractivity (Wildman–Crippen MR) is 69.5 cm³/mol. The fourth-order valence-corrected chi connectivity index (χ4v) is 2.95. The molecule has 0 aromatic carbocycles. The van der Waals surface area contributed by atoms with Crippen LogP contribution in [0.4, 0.5) is 0 Å². The van der Waals surface area contributed by atoms with Crippen molar-refractivity contribution in [1.29, 1.82) is 0 Å². The highest BCUT2D eigenvalue weighted by atomic mass is 16.3. The molecule has 0 saturated carbocycles. The van der Waals surface area contributed by atoms with Crippen molar-refractivity contribution in [2.75, 3.05) is 19.7 Å². The Balaban J connectivity index is 2.56. The lowest BCUT2D eigenvalue weighted by Crippen LogP contribution is -2.48. The minimum Gasteiger partial charge on any atom is -0.396 e. The molecule has 3 atom stereocenters. The minimum atomic E-state index is 0.0973. The molecule has 2 heteroatoms. The van der Waals surface area contributed by atoms with Crippen molar-refractivity contribution in [1.82, 2.24) is 4.90 Å². The van der Waals surface area contributed by atoms with Crippen LogP contribution in [0.3, 0.4) is 0 Å². The van der Waals surface area contributed by atoms with E-state index in [2.05, 4.69) is 32.6 Å². The molecule has 1 fully saturated rings. The number of aliphatic hydroxyl groups excluding tert-OH is 1. The average molecular weight is 227 g/mol. The first-order chi connectivity index (χ1) is 7.52. The Morgan fingerprint density at radius 1 is 1.38 bits per heavy atom. The molecule has 1 N–H and O–H groups in total. The van der Waals surface area contributed by atoms with Gasteiger partial charge in [0.25, 0.3) is 0 Å². The van der Waals surface area contributed by atoms with Crippen molar-refractivity contribution >= 4 is 0 Å². The van der Waals surface area contributed by atoms with E-state index in [9.17, 15) is 5.11 Å². The van der Waals surface area contributed by atoms with Crippen LogP contribution in [0.15, 0.2) is 0 Å². The van der Waals surface area contributed by atoms with Crippen LogP contribution in [0.25, 0.3) is 0 Å². The van der Waals surface area contributed by atoms with Gasteiger partial charge >= 0.3 is 0 Å². The van der Waals surface area contributed by atoms with Crippen molar-refractivity contribution in [3.05, 3.63) is 0 Å². The zero-order chi connectivity index (χ0) is 12.2. The molecule has 0 aromatic rings. The summed E-state index contributed by atoms with van der Waals surface area (Å²) in [5.41, 5.74) is 0.0973. The topological polar surface area (TPSA) is 23.5 Å². The van der Waals surface area contributed by atoms with Crippen molar-refractivity contribution < 1.29 is 5.11 Å². The normalized spacial score (nSPS) is 31.3. The highest BCUT2D eigenvalue weighted by molar-refractivity contribution is 4.84. The fraction of sp³-hybridized carbons (Fsp3) is 1.00.